The predicted molar refractivity (Wildman–Crippen MR) is 136 cm³/mol. The number of hydrogen-bond donors (Lipinski definition) is 1. The standard InChI is InChI=1S/C22H23ClN6O5S2/c1-14-5-6-16(12-17(14)23)36(33,34)28-10-7-15(8-11-28)22-25-18(13-35-22)21(30)26-27(2)20-19(29(31)32)4-3-9-24-20/h3-6,9,12-13,15H,7-8,10-11H2,1-2H3,(H,26,30). The van der Waals surface area contributed by atoms with Crippen molar-refractivity contribution in [3.8, 4) is 0 Å². The maximum Gasteiger partial charge on any atom is 0.313 e. The van der Waals surface area contributed by atoms with Crippen molar-refractivity contribution in [1.29, 1.82) is 0 Å². The maximum atomic E-state index is 13.0. The third-order valence-electron chi connectivity index (χ3n) is 5.89. The van der Waals surface area contributed by atoms with Crippen molar-refractivity contribution in [2.24, 2.45) is 0 Å². The average Bonchev–Trinajstić information content (AvgIpc) is 3.36. The number of thiazole rings is 1. The number of hydrogen-bond acceptors (Lipinski definition) is 9. The van der Waals surface area contributed by atoms with Gasteiger partial charge in [-0.15, -0.1) is 11.3 Å². The van der Waals surface area contributed by atoms with Crippen LogP contribution in [0, 0.1) is 17.0 Å². The second-order valence-electron chi connectivity index (χ2n) is 8.26. The molecule has 0 spiro atoms. The van der Waals surface area contributed by atoms with Crippen LogP contribution >= 0.6 is 22.9 Å². The predicted octanol–water partition coefficient (Wildman–Crippen LogP) is 3.76. The van der Waals surface area contributed by atoms with Crippen molar-refractivity contribution in [2.75, 3.05) is 25.1 Å². The van der Waals surface area contributed by atoms with Gasteiger partial charge in [0.2, 0.25) is 15.8 Å². The van der Waals surface area contributed by atoms with Crippen molar-refractivity contribution in [3.63, 3.8) is 0 Å². The van der Waals surface area contributed by atoms with Crippen LogP contribution in [0.1, 0.15) is 39.8 Å². The number of piperidine rings is 1. The number of nitrogens with one attached hydrogen (secondary N) is 1. The summed E-state index contributed by atoms with van der Waals surface area (Å²) in [5.74, 6) is -0.523. The Morgan fingerprint density at radius 2 is 2.03 bits per heavy atom. The van der Waals surface area contributed by atoms with Crippen LogP contribution in [0.2, 0.25) is 5.02 Å². The molecule has 1 amide bonds. The summed E-state index contributed by atoms with van der Waals surface area (Å²) in [7, 11) is -2.20. The molecule has 36 heavy (non-hydrogen) atoms. The Labute approximate surface area is 216 Å². The molecule has 1 saturated heterocycles. The monoisotopic (exact) mass is 550 g/mol. The number of halogens is 1. The van der Waals surface area contributed by atoms with Crippen molar-refractivity contribution < 1.29 is 18.1 Å². The molecule has 0 aliphatic carbocycles. The van der Waals surface area contributed by atoms with Gasteiger partial charge in [0, 0.05) is 48.7 Å². The fraction of sp³-hybridized carbons (Fsp3) is 0.318. The summed E-state index contributed by atoms with van der Waals surface area (Å²) in [5, 5.41) is 15.2. The third-order valence-corrected chi connectivity index (χ3v) is 9.20. The zero-order valence-corrected chi connectivity index (χ0v) is 21.8. The van der Waals surface area contributed by atoms with Crippen LogP contribution in [0.4, 0.5) is 11.5 Å². The minimum absolute atomic E-state index is 0.00486. The first-order chi connectivity index (χ1) is 17.1. The highest BCUT2D eigenvalue weighted by Crippen LogP contribution is 2.33. The smallest absolute Gasteiger partial charge is 0.266 e. The lowest BCUT2D eigenvalue weighted by atomic mass is 9.99. The zero-order chi connectivity index (χ0) is 26.0. The van der Waals surface area contributed by atoms with Crippen LogP contribution < -0.4 is 10.4 Å². The highest BCUT2D eigenvalue weighted by atomic mass is 35.5. The summed E-state index contributed by atoms with van der Waals surface area (Å²) < 4.78 is 27.5. The zero-order valence-electron chi connectivity index (χ0n) is 19.4. The number of carbonyl (C=O) groups is 1. The van der Waals surface area contributed by atoms with E-state index in [-0.39, 0.29) is 28.0 Å². The molecule has 1 fully saturated rings. The summed E-state index contributed by atoms with van der Waals surface area (Å²) in [6.45, 7) is 2.46. The van der Waals surface area contributed by atoms with E-state index in [1.807, 2.05) is 6.92 Å². The number of amides is 1. The quantitative estimate of drug-likeness (QED) is 0.346. The fourth-order valence-corrected chi connectivity index (χ4v) is 6.57. The maximum absolute atomic E-state index is 13.0. The Morgan fingerprint density at radius 3 is 2.69 bits per heavy atom. The van der Waals surface area contributed by atoms with Gasteiger partial charge >= 0.3 is 5.69 Å². The lowest BCUT2D eigenvalue weighted by Gasteiger charge is -2.30. The number of nitro groups is 1. The van der Waals surface area contributed by atoms with Crippen molar-refractivity contribution >= 4 is 50.4 Å². The van der Waals surface area contributed by atoms with Crippen molar-refractivity contribution in [3.05, 3.63) is 73.3 Å². The number of pyridine rings is 1. The van der Waals surface area contributed by atoms with Gasteiger partial charge in [0.05, 0.1) is 14.8 Å². The Bertz CT molecular complexity index is 1410. The highest BCUT2D eigenvalue weighted by Gasteiger charge is 2.32. The molecule has 190 valence electrons. The number of sulfonamides is 1. The molecule has 0 unspecified atom stereocenters. The first-order valence-electron chi connectivity index (χ1n) is 10.9. The van der Waals surface area contributed by atoms with Crippen LogP contribution in [0.25, 0.3) is 0 Å². The van der Waals surface area contributed by atoms with Gasteiger partial charge in [-0.3, -0.25) is 25.3 Å². The molecule has 1 N–H and O–H groups in total. The van der Waals surface area contributed by atoms with E-state index in [9.17, 15) is 23.3 Å². The number of rotatable bonds is 7. The van der Waals surface area contributed by atoms with E-state index in [0.717, 1.165) is 10.6 Å². The molecule has 3 heterocycles. The van der Waals surface area contributed by atoms with Gasteiger partial charge in [-0.25, -0.2) is 18.4 Å². The SMILES string of the molecule is Cc1ccc(S(=O)(=O)N2CCC(c3nc(C(=O)NN(C)c4ncccc4[N+](=O)[O-])cs3)CC2)cc1Cl. The minimum Gasteiger partial charge on any atom is -0.266 e. The van der Waals surface area contributed by atoms with Gasteiger partial charge in [-0.05, 0) is 43.5 Å². The Hall–Kier alpha value is -3.13. The molecule has 3 aromatic rings. The molecular weight excluding hydrogens is 528 g/mol. The largest absolute Gasteiger partial charge is 0.313 e. The summed E-state index contributed by atoms with van der Waals surface area (Å²) >= 11 is 7.44. The van der Waals surface area contributed by atoms with Crippen LogP contribution in [-0.4, -0.2) is 53.7 Å². The average molecular weight is 551 g/mol. The Morgan fingerprint density at radius 1 is 1.31 bits per heavy atom. The van der Waals surface area contributed by atoms with Crippen molar-refractivity contribution in [2.45, 2.75) is 30.6 Å². The van der Waals surface area contributed by atoms with E-state index in [0.29, 0.717) is 31.0 Å². The van der Waals surface area contributed by atoms with Crippen molar-refractivity contribution in [1.82, 2.24) is 19.7 Å². The summed E-state index contributed by atoms with van der Waals surface area (Å²) in [6.07, 6.45) is 2.52. The molecule has 4 rings (SSSR count). The summed E-state index contributed by atoms with van der Waals surface area (Å²) in [5.41, 5.74) is 3.29. The number of aryl methyl sites for hydroxylation is 1. The molecule has 0 radical (unpaired) electrons. The molecule has 1 aliphatic heterocycles. The number of aromatic nitrogens is 2. The van der Waals surface area contributed by atoms with Crippen LogP contribution in [-0.2, 0) is 10.0 Å². The molecule has 1 aliphatic rings. The molecule has 1 aromatic carbocycles. The normalized spacial score (nSPS) is 15.0. The Balaban J connectivity index is 1.39. The topological polar surface area (TPSA) is 139 Å². The van der Waals surface area contributed by atoms with E-state index < -0.39 is 20.9 Å². The second kappa shape index (κ2) is 10.5. The van der Waals surface area contributed by atoms with Crippen LogP contribution in [0.15, 0.2) is 46.8 Å². The number of carbonyl (C=O) groups excluding carboxylic acids is 1. The number of benzene rings is 1. The van der Waals surface area contributed by atoms with E-state index in [1.54, 1.807) is 17.5 Å². The first-order valence-corrected chi connectivity index (χ1v) is 13.6. The van der Waals surface area contributed by atoms with E-state index in [2.05, 4.69) is 15.4 Å². The highest BCUT2D eigenvalue weighted by molar-refractivity contribution is 7.89. The summed E-state index contributed by atoms with van der Waals surface area (Å²) in [6, 6.07) is 7.46. The molecule has 2 aromatic heterocycles. The minimum atomic E-state index is -3.66. The van der Waals surface area contributed by atoms with Gasteiger partial charge in [-0.2, -0.15) is 4.31 Å². The number of nitrogens with zero attached hydrogens (tertiary/aromatic N) is 5. The molecule has 0 bridgehead atoms. The van der Waals surface area contributed by atoms with Gasteiger partial charge in [0.15, 0.2) is 0 Å². The molecule has 14 heteroatoms. The number of hydrazine groups is 1. The van der Waals surface area contributed by atoms with Crippen LogP contribution in [0.5, 0.6) is 0 Å². The molecular formula is C22H23ClN6O5S2. The van der Waals surface area contributed by atoms with Gasteiger partial charge < -0.3 is 0 Å². The van der Waals surface area contributed by atoms with Gasteiger partial charge in [-0.1, -0.05) is 17.7 Å². The second-order valence-corrected chi connectivity index (χ2v) is 11.5. The third kappa shape index (κ3) is 5.33. The van der Waals surface area contributed by atoms with E-state index in [1.165, 1.54) is 52.1 Å². The van der Waals surface area contributed by atoms with Gasteiger partial charge in [0.25, 0.3) is 5.91 Å². The lowest BCUT2D eigenvalue weighted by molar-refractivity contribution is -0.384. The molecule has 0 atom stereocenters. The first kappa shape index (κ1) is 25.9. The van der Waals surface area contributed by atoms with Gasteiger partial charge in [0.1, 0.15) is 5.69 Å². The van der Waals surface area contributed by atoms with Crippen LogP contribution in [0.3, 0.4) is 0 Å². The summed E-state index contributed by atoms with van der Waals surface area (Å²) in [4.78, 5) is 31.9. The van der Waals surface area contributed by atoms with E-state index >= 15 is 0 Å². The lowest BCUT2D eigenvalue weighted by Crippen LogP contribution is -2.40. The molecule has 0 saturated carbocycles. The van der Waals surface area contributed by atoms with E-state index in [4.69, 9.17) is 11.6 Å². The Kier molecular flexibility index (Phi) is 7.54. The molecule has 11 nitrogen and oxygen atoms in total. The fourth-order valence-electron chi connectivity index (χ4n) is 3.86. The number of anilines is 1.